The Morgan fingerprint density at radius 2 is 0.988 bits per heavy atom. The van der Waals surface area contributed by atoms with E-state index in [9.17, 15) is 14.4 Å². The summed E-state index contributed by atoms with van der Waals surface area (Å²) in [6.07, 6.45) is 21.3. The summed E-state index contributed by atoms with van der Waals surface area (Å²) in [7, 11) is 0. The van der Waals surface area contributed by atoms with Crippen molar-refractivity contribution >= 4 is 112 Å². The normalized spacial score (nSPS) is 11.2. The van der Waals surface area contributed by atoms with Crippen LogP contribution in [0.2, 0.25) is 0 Å². The van der Waals surface area contributed by atoms with E-state index in [1.165, 1.54) is 6.20 Å². The van der Waals surface area contributed by atoms with E-state index in [4.69, 9.17) is 55.1 Å². The first-order valence-electron chi connectivity index (χ1n) is 26.4. The molecule has 0 fully saturated rings. The summed E-state index contributed by atoms with van der Waals surface area (Å²) < 4.78 is 34.6. The summed E-state index contributed by atoms with van der Waals surface area (Å²) in [5.74, 6) is 1.39. The van der Waals surface area contributed by atoms with Crippen LogP contribution in [0.4, 0.5) is 23.3 Å². The molecule has 0 aliphatic rings. The maximum atomic E-state index is 11.5. The Morgan fingerprint density at radius 3 is 1.45 bits per heavy atom. The molecule has 458 valence electrons. The number of hydrogen-bond donors (Lipinski definition) is 7. The summed E-state index contributed by atoms with van der Waals surface area (Å²) in [5.41, 5.74) is 33.0. The minimum absolute atomic E-state index is 0. The number of fused-ring (bicyclic) bond motifs is 1. The monoisotopic (exact) mass is 1520 g/mol. The molecule has 83 heavy (non-hydrogen) atoms. The maximum absolute atomic E-state index is 11.5. The fraction of sp³-hybridized carbons (Fsp3) is 0.464. The van der Waals surface area contributed by atoms with Gasteiger partial charge in [-0.3, -0.25) is 19.8 Å². The third-order valence-electron chi connectivity index (χ3n) is 10.5. The molecule has 0 spiro atoms. The second-order valence-electron chi connectivity index (χ2n) is 21.2. The number of esters is 3. The number of ether oxygens (including phenoxy) is 3. The van der Waals surface area contributed by atoms with E-state index in [1.54, 1.807) is 24.7 Å². The molecule has 0 aliphatic heterocycles. The molecule has 0 aliphatic carbocycles. The number of benzene rings is 1. The third kappa shape index (κ3) is 32.3. The molecule has 6 aromatic rings. The quantitative estimate of drug-likeness (QED) is 0.0123. The fourth-order valence-corrected chi connectivity index (χ4v) is 7.97. The summed E-state index contributed by atoms with van der Waals surface area (Å²) in [6, 6.07) is 8.10. The van der Waals surface area contributed by atoms with Gasteiger partial charge in [0, 0.05) is 49.8 Å². The zero-order valence-electron chi connectivity index (χ0n) is 48.4. The predicted octanol–water partition coefficient (Wildman–Crippen LogP) is 11.6. The Kier molecular flexibility index (Phi) is 32.5. The Bertz CT molecular complexity index is 3030. The Labute approximate surface area is 520 Å². The Hall–Kier alpha value is -6.37. The summed E-state index contributed by atoms with van der Waals surface area (Å²) in [6.45, 7) is 16.7. The van der Waals surface area contributed by atoms with Crippen LogP contribution in [0.15, 0.2) is 75.1 Å². The number of nitrogens with zero attached hydrogens (tertiary/aromatic N) is 8. The van der Waals surface area contributed by atoms with E-state index < -0.39 is 35.3 Å². The molecular formula is C56H80Br3N15O8Pt. The number of carbonyl (C=O) groups is 3. The standard InChI is InChI=1S/C17H20N6.2C13H20BrN3O2.C13H18BrN3O2.2O.Pt.H2/c18-16(19)8-4-3-7-14-17(20)22-10-15(23-14)12-9-21-13-6-2-1-5-11(12)13;3*1-13(2,3)19-11(18)7-5-4-6-9-12(15)16-8-10(14)17-9;;;;/h1-2,5-6,9-10,21H,3-4,7-8H2,(H3,18,19)(H2,20,22);2*8H,4-7H2,1-3H3,(H2,15,16);4,6,8H,5,7H2,1-3H3,(H2,15,16);;;;1H/b;;;6-4+;;;;. The number of halogens is 3. The van der Waals surface area contributed by atoms with Gasteiger partial charge in [-0.2, -0.15) is 0 Å². The van der Waals surface area contributed by atoms with Gasteiger partial charge in [-0.1, -0.05) is 24.3 Å². The fourth-order valence-electron chi connectivity index (χ4n) is 7.04. The van der Waals surface area contributed by atoms with E-state index in [1.807, 2.05) is 92.8 Å². The van der Waals surface area contributed by atoms with Crippen LogP contribution in [0.25, 0.3) is 28.2 Å². The van der Waals surface area contributed by atoms with Crippen molar-refractivity contribution in [2.75, 3.05) is 22.9 Å². The number of nitrogens with one attached hydrogen (secondary N) is 2. The molecule has 0 unspecified atom stereocenters. The number of rotatable bonds is 20. The SMILES string of the molecule is CC(C)(C)OC(=O)CC/C=C/c1nc(Br)cnc1N.CC(C)(C)OC(=O)CCCCc1nc(Br)cnc1N.CC(C)(C)OC(=O)CCCCc1nc(Br)cnc1N.N=C(N)CCCCc1nc(-c2c[nH]c3ccccc23)cnc1N.[HH].[O]=[Pt]=[O]. The number of allylic oxidation sites excluding steroid dienone is 1. The van der Waals surface area contributed by atoms with Gasteiger partial charge in [0.15, 0.2) is 0 Å². The molecule has 5 aromatic heterocycles. The van der Waals surface area contributed by atoms with Gasteiger partial charge in [0.1, 0.15) is 59.6 Å². The molecule has 0 amide bonds. The average molecular weight is 1530 g/mol. The van der Waals surface area contributed by atoms with Crippen molar-refractivity contribution < 1.29 is 55.3 Å². The van der Waals surface area contributed by atoms with Gasteiger partial charge < -0.3 is 47.9 Å². The van der Waals surface area contributed by atoms with Crippen molar-refractivity contribution in [1.29, 1.82) is 5.41 Å². The first kappa shape index (κ1) is 72.7. The number of nitrogen functional groups attached to an aromatic ring is 4. The zero-order chi connectivity index (χ0) is 62.3. The van der Waals surface area contributed by atoms with Crippen molar-refractivity contribution in [3.8, 4) is 11.3 Å². The van der Waals surface area contributed by atoms with Crippen LogP contribution in [0.3, 0.4) is 0 Å². The van der Waals surface area contributed by atoms with Crippen LogP contribution in [0.5, 0.6) is 0 Å². The van der Waals surface area contributed by atoms with Crippen molar-refractivity contribution in [3.63, 3.8) is 0 Å². The van der Waals surface area contributed by atoms with Crippen LogP contribution in [0.1, 0.15) is 157 Å². The predicted molar refractivity (Wildman–Crippen MR) is 330 cm³/mol. The number of para-hydroxylation sites is 1. The van der Waals surface area contributed by atoms with Crippen molar-refractivity contribution in [2.24, 2.45) is 5.73 Å². The topological polar surface area (TPSA) is 386 Å². The molecule has 0 atom stereocenters. The number of aromatic amines is 1. The molecule has 27 heteroatoms. The first-order valence-corrected chi connectivity index (χ1v) is 30.6. The van der Waals surface area contributed by atoms with E-state index >= 15 is 0 Å². The molecule has 0 bridgehead atoms. The van der Waals surface area contributed by atoms with Gasteiger partial charge in [-0.05, 0) is 186 Å². The van der Waals surface area contributed by atoms with Gasteiger partial charge in [-0.25, -0.2) is 39.9 Å². The first-order chi connectivity index (χ1) is 38.9. The second-order valence-corrected chi connectivity index (χ2v) is 24.1. The van der Waals surface area contributed by atoms with E-state index in [2.05, 4.69) is 98.7 Å². The van der Waals surface area contributed by atoms with Crippen molar-refractivity contribution in [2.45, 2.75) is 169 Å². The Balaban J connectivity index is 0.000000551. The van der Waals surface area contributed by atoms with Crippen LogP contribution >= 0.6 is 47.8 Å². The Morgan fingerprint density at radius 1 is 0.590 bits per heavy atom. The number of H-pyrrole nitrogens is 1. The molecule has 5 heterocycles. The molecule has 0 saturated carbocycles. The van der Waals surface area contributed by atoms with Crippen molar-refractivity contribution in [3.05, 3.63) is 97.9 Å². The van der Waals surface area contributed by atoms with E-state index in [0.717, 1.165) is 84.2 Å². The minimum atomic E-state index is -1.92. The molecule has 23 nitrogen and oxygen atoms in total. The number of hydrogen-bond acceptors (Lipinski definition) is 21. The number of carbonyl (C=O) groups excluding carboxylic acids is 3. The second kappa shape index (κ2) is 37.0. The number of anilines is 4. The van der Waals surface area contributed by atoms with E-state index in [-0.39, 0.29) is 25.2 Å². The van der Waals surface area contributed by atoms with Gasteiger partial charge >= 0.3 is 43.2 Å². The number of nitrogens with two attached hydrogens (primary N) is 5. The molecule has 0 radical (unpaired) electrons. The molecule has 0 saturated heterocycles. The number of unbranched alkanes of at least 4 members (excludes halogenated alkanes) is 3. The van der Waals surface area contributed by atoms with Gasteiger partial charge in [0.05, 0.1) is 53.4 Å². The summed E-state index contributed by atoms with van der Waals surface area (Å²) >= 11 is 7.82. The van der Waals surface area contributed by atoms with E-state index in [0.29, 0.717) is 87.7 Å². The zero-order valence-corrected chi connectivity index (χ0v) is 55.5. The number of aromatic nitrogens is 9. The number of amidine groups is 1. The van der Waals surface area contributed by atoms with Gasteiger partial charge in [0.2, 0.25) is 0 Å². The van der Waals surface area contributed by atoms with Gasteiger partial charge in [0.25, 0.3) is 0 Å². The van der Waals surface area contributed by atoms with Crippen LogP contribution in [-0.2, 0) is 73.1 Å². The summed E-state index contributed by atoms with van der Waals surface area (Å²) in [5, 5.41) is 8.37. The summed E-state index contributed by atoms with van der Waals surface area (Å²) in [4.78, 5) is 71.4. The average Bonchev–Trinajstić information content (AvgIpc) is 4.09. The third-order valence-corrected chi connectivity index (χ3v) is 11.6. The van der Waals surface area contributed by atoms with Crippen LogP contribution in [0, 0.1) is 5.41 Å². The number of aryl methyl sites for hydroxylation is 3. The molecule has 12 N–H and O–H groups in total. The van der Waals surface area contributed by atoms with Crippen LogP contribution < -0.4 is 28.7 Å². The molecule has 1 aromatic carbocycles. The van der Waals surface area contributed by atoms with Crippen molar-refractivity contribution in [1.82, 2.24) is 44.9 Å². The van der Waals surface area contributed by atoms with Crippen LogP contribution in [-0.4, -0.2) is 85.4 Å². The molecule has 6 rings (SSSR count). The van der Waals surface area contributed by atoms with Gasteiger partial charge in [-0.15, -0.1) is 0 Å². The molecular weight excluding hydrogens is 1450 g/mol.